The van der Waals surface area contributed by atoms with Gasteiger partial charge in [0.15, 0.2) is 0 Å². The highest BCUT2D eigenvalue weighted by Crippen LogP contribution is 2.37. The standard InChI is InChI=1S/C29H25N/c1-30(21-22-11-3-2-4-12-22)29(27-19-9-15-23-13-5-7-17-25(23)27)28-20-10-16-24-14-6-8-18-26(24)28/h2-20,29H,21H2,1H3. The van der Waals surface area contributed by atoms with Crippen molar-refractivity contribution in [2.45, 2.75) is 12.6 Å². The minimum atomic E-state index is 0.155. The van der Waals surface area contributed by atoms with Gasteiger partial charge in [0.2, 0.25) is 0 Å². The Morgan fingerprint density at radius 3 is 1.57 bits per heavy atom. The van der Waals surface area contributed by atoms with E-state index in [0.29, 0.717) is 0 Å². The summed E-state index contributed by atoms with van der Waals surface area (Å²) in [6, 6.07) is 41.7. The van der Waals surface area contributed by atoms with Crippen molar-refractivity contribution in [1.29, 1.82) is 0 Å². The van der Waals surface area contributed by atoms with Gasteiger partial charge in [0.1, 0.15) is 0 Å². The van der Waals surface area contributed by atoms with Crippen LogP contribution in [0.4, 0.5) is 0 Å². The topological polar surface area (TPSA) is 3.24 Å². The fourth-order valence-electron chi connectivity index (χ4n) is 4.58. The maximum absolute atomic E-state index is 2.47. The molecule has 5 rings (SSSR count). The average molecular weight is 388 g/mol. The Balaban J connectivity index is 1.71. The first-order valence-corrected chi connectivity index (χ1v) is 10.5. The molecule has 146 valence electrons. The molecule has 0 spiro atoms. The van der Waals surface area contributed by atoms with Crippen LogP contribution in [0, 0.1) is 0 Å². The van der Waals surface area contributed by atoms with Gasteiger partial charge in [0.25, 0.3) is 0 Å². The second-order valence-electron chi connectivity index (χ2n) is 7.94. The summed E-state index contributed by atoms with van der Waals surface area (Å²) in [5, 5.41) is 5.21. The molecule has 0 radical (unpaired) electrons. The molecule has 30 heavy (non-hydrogen) atoms. The van der Waals surface area contributed by atoms with Gasteiger partial charge in [-0.3, -0.25) is 4.90 Å². The van der Waals surface area contributed by atoms with Crippen molar-refractivity contribution in [2.24, 2.45) is 0 Å². The van der Waals surface area contributed by atoms with Gasteiger partial charge in [-0.25, -0.2) is 0 Å². The molecule has 0 aliphatic rings. The molecule has 0 atom stereocenters. The van der Waals surface area contributed by atoms with Crippen LogP contribution in [0.15, 0.2) is 115 Å². The molecule has 0 saturated heterocycles. The molecule has 0 N–H and O–H groups in total. The molecule has 5 aromatic carbocycles. The second-order valence-corrected chi connectivity index (χ2v) is 7.94. The highest BCUT2D eigenvalue weighted by Gasteiger charge is 2.23. The Hall–Kier alpha value is -3.42. The summed E-state index contributed by atoms with van der Waals surface area (Å²) in [6.45, 7) is 0.887. The maximum Gasteiger partial charge on any atom is 0.0614 e. The van der Waals surface area contributed by atoms with Gasteiger partial charge < -0.3 is 0 Å². The lowest BCUT2D eigenvalue weighted by Crippen LogP contribution is -2.25. The van der Waals surface area contributed by atoms with Crippen molar-refractivity contribution < 1.29 is 0 Å². The summed E-state index contributed by atoms with van der Waals surface area (Å²) in [5.74, 6) is 0. The largest absolute Gasteiger partial charge is 0.291 e. The van der Waals surface area contributed by atoms with Crippen LogP contribution >= 0.6 is 0 Å². The van der Waals surface area contributed by atoms with E-state index in [2.05, 4.69) is 127 Å². The van der Waals surface area contributed by atoms with E-state index in [1.807, 2.05) is 0 Å². The third kappa shape index (κ3) is 3.49. The minimum absolute atomic E-state index is 0.155. The predicted molar refractivity (Wildman–Crippen MR) is 128 cm³/mol. The lowest BCUT2D eigenvalue weighted by molar-refractivity contribution is 0.273. The first-order valence-electron chi connectivity index (χ1n) is 10.5. The normalized spacial score (nSPS) is 11.6. The average Bonchev–Trinajstić information content (AvgIpc) is 2.80. The molecule has 0 aromatic heterocycles. The first-order chi connectivity index (χ1) is 14.8. The monoisotopic (exact) mass is 387 g/mol. The molecule has 0 saturated carbocycles. The zero-order valence-electron chi connectivity index (χ0n) is 17.2. The Morgan fingerprint density at radius 1 is 0.533 bits per heavy atom. The van der Waals surface area contributed by atoms with Crippen molar-refractivity contribution >= 4 is 21.5 Å². The molecule has 0 amide bonds. The van der Waals surface area contributed by atoms with Gasteiger partial charge in [0, 0.05) is 6.54 Å². The third-order valence-electron chi connectivity index (χ3n) is 5.95. The van der Waals surface area contributed by atoms with E-state index in [1.165, 1.54) is 38.2 Å². The Kier molecular flexibility index (Phi) is 5.04. The SMILES string of the molecule is CN(Cc1ccccc1)C(c1cccc2ccccc12)c1cccc2ccccc12. The van der Waals surface area contributed by atoms with E-state index in [4.69, 9.17) is 0 Å². The number of hydrogen-bond donors (Lipinski definition) is 0. The number of fused-ring (bicyclic) bond motifs is 2. The minimum Gasteiger partial charge on any atom is -0.291 e. The summed E-state index contributed by atoms with van der Waals surface area (Å²) >= 11 is 0. The van der Waals surface area contributed by atoms with Crippen molar-refractivity contribution in [2.75, 3.05) is 7.05 Å². The number of benzene rings is 5. The van der Waals surface area contributed by atoms with Crippen molar-refractivity contribution in [3.63, 3.8) is 0 Å². The highest BCUT2D eigenvalue weighted by atomic mass is 15.1. The quantitative estimate of drug-likeness (QED) is 0.308. The predicted octanol–water partition coefficient (Wildman–Crippen LogP) is 7.21. The number of hydrogen-bond acceptors (Lipinski definition) is 1. The van der Waals surface area contributed by atoms with E-state index in [1.54, 1.807) is 0 Å². The Morgan fingerprint density at radius 2 is 1.00 bits per heavy atom. The van der Waals surface area contributed by atoms with Crippen molar-refractivity contribution in [1.82, 2.24) is 4.90 Å². The third-order valence-corrected chi connectivity index (χ3v) is 5.95. The highest BCUT2D eigenvalue weighted by molar-refractivity contribution is 5.90. The van der Waals surface area contributed by atoms with Gasteiger partial charge in [-0.05, 0) is 45.3 Å². The van der Waals surface area contributed by atoms with Crippen LogP contribution in [-0.4, -0.2) is 11.9 Å². The van der Waals surface area contributed by atoms with Gasteiger partial charge >= 0.3 is 0 Å². The first kappa shape index (κ1) is 18.6. The molecule has 0 unspecified atom stereocenters. The Labute approximate surface area is 178 Å². The fraction of sp³-hybridized carbons (Fsp3) is 0.103. The second kappa shape index (κ2) is 8.14. The van der Waals surface area contributed by atoms with Gasteiger partial charge in [-0.15, -0.1) is 0 Å². The summed E-state index contributed by atoms with van der Waals surface area (Å²) in [5.41, 5.74) is 4.02. The smallest absolute Gasteiger partial charge is 0.0614 e. The molecule has 0 fully saturated rings. The lowest BCUT2D eigenvalue weighted by atomic mass is 9.89. The molecular weight excluding hydrogens is 362 g/mol. The fourth-order valence-corrected chi connectivity index (χ4v) is 4.58. The summed E-state index contributed by atoms with van der Waals surface area (Å²) in [7, 11) is 2.24. The number of rotatable bonds is 5. The zero-order chi connectivity index (χ0) is 20.3. The lowest BCUT2D eigenvalue weighted by Gasteiger charge is -2.31. The zero-order valence-corrected chi connectivity index (χ0v) is 17.2. The summed E-state index contributed by atoms with van der Waals surface area (Å²) in [4.78, 5) is 2.47. The maximum atomic E-state index is 2.47. The molecule has 1 heteroatoms. The van der Waals surface area contributed by atoms with E-state index in [-0.39, 0.29) is 6.04 Å². The Bertz CT molecular complexity index is 1200. The number of nitrogens with zero attached hydrogens (tertiary/aromatic N) is 1. The molecule has 1 nitrogen and oxygen atoms in total. The molecule has 5 aromatic rings. The van der Waals surface area contributed by atoms with Crippen molar-refractivity contribution in [3.8, 4) is 0 Å². The van der Waals surface area contributed by atoms with Crippen LogP contribution in [0.5, 0.6) is 0 Å². The molecule has 0 bridgehead atoms. The summed E-state index contributed by atoms with van der Waals surface area (Å²) < 4.78 is 0. The van der Waals surface area contributed by atoms with Crippen LogP contribution < -0.4 is 0 Å². The summed E-state index contributed by atoms with van der Waals surface area (Å²) in [6.07, 6.45) is 0. The molecule has 0 heterocycles. The molecular formula is C29H25N. The van der Waals surface area contributed by atoms with E-state index in [9.17, 15) is 0 Å². The van der Waals surface area contributed by atoms with Gasteiger partial charge in [-0.2, -0.15) is 0 Å². The van der Waals surface area contributed by atoms with Gasteiger partial charge in [0.05, 0.1) is 6.04 Å². The van der Waals surface area contributed by atoms with Crippen molar-refractivity contribution in [3.05, 3.63) is 132 Å². The van der Waals surface area contributed by atoms with Crippen LogP contribution in [0.2, 0.25) is 0 Å². The van der Waals surface area contributed by atoms with E-state index >= 15 is 0 Å². The van der Waals surface area contributed by atoms with Crippen LogP contribution in [0.1, 0.15) is 22.7 Å². The molecule has 0 aliphatic carbocycles. The van der Waals surface area contributed by atoms with Crippen LogP contribution in [0.25, 0.3) is 21.5 Å². The molecule has 0 aliphatic heterocycles. The van der Waals surface area contributed by atoms with Crippen LogP contribution in [0.3, 0.4) is 0 Å². The van der Waals surface area contributed by atoms with E-state index < -0.39 is 0 Å². The van der Waals surface area contributed by atoms with E-state index in [0.717, 1.165) is 6.54 Å². The van der Waals surface area contributed by atoms with Gasteiger partial charge in [-0.1, -0.05) is 115 Å². The van der Waals surface area contributed by atoms with Crippen LogP contribution in [-0.2, 0) is 6.54 Å².